The Bertz CT molecular complexity index is 808. The van der Waals surface area contributed by atoms with Gasteiger partial charge < -0.3 is 14.5 Å². The summed E-state index contributed by atoms with van der Waals surface area (Å²) >= 11 is 0. The van der Waals surface area contributed by atoms with Crippen molar-refractivity contribution < 1.29 is 18.4 Å². The molecule has 11 heteroatoms. The molecule has 0 aromatic carbocycles. The van der Waals surface area contributed by atoms with Crippen LogP contribution in [0, 0.1) is 10.1 Å². The molecule has 0 spiro atoms. The molecule has 128 valence electrons. The molecule has 0 unspecified atom stereocenters. The van der Waals surface area contributed by atoms with Crippen LogP contribution in [-0.2, 0) is 22.7 Å². The van der Waals surface area contributed by atoms with Crippen molar-refractivity contribution in [1.82, 2.24) is 18.9 Å². The van der Waals surface area contributed by atoms with Crippen LogP contribution in [-0.4, -0.2) is 50.0 Å². The van der Waals surface area contributed by atoms with Crippen LogP contribution in [0.25, 0.3) is 11.5 Å². The molecule has 4 rings (SSSR count). The first-order valence-corrected chi connectivity index (χ1v) is 9.03. The van der Waals surface area contributed by atoms with Gasteiger partial charge in [0, 0.05) is 26.2 Å². The van der Waals surface area contributed by atoms with Gasteiger partial charge in [-0.05, 0) is 17.1 Å². The minimum atomic E-state index is -3.01. The number of hydrogen-bond acceptors (Lipinski definition) is 6. The number of rotatable bonds is 7. The van der Waals surface area contributed by atoms with Gasteiger partial charge in [0.15, 0.2) is 11.5 Å². The Hall–Kier alpha value is -2.00. The van der Waals surface area contributed by atoms with E-state index in [9.17, 15) is 14.7 Å². The molecule has 0 atom stereocenters. The summed E-state index contributed by atoms with van der Waals surface area (Å²) in [6.45, 7) is 2.92. The van der Waals surface area contributed by atoms with Gasteiger partial charge in [0.1, 0.15) is 6.61 Å². The number of hydrogen-bond donors (Lipinski definition) is 0. The predicted molar refractivity (Wildman–Crippen MR) is 83.1 cm³/mol. The van der Waals surface area contributed by atoms with Crippen molar-refractivity contribution >= 4 is 13.6 Å². The molecule has 2 aliphatic rings. The second-order valence-corrected chi connectivity index (χ2v) is 8.04. The Kier molecular flexibility index (Phi) is 3.57. The van der Waals surface area contributed by atoms with Crippen LogP contribution in [0.2, 0.25) is 0 Å². The van der Waals surface area contributed by atoms with Crippen molar-refractivity contribution in [3.8, 4) is 11.5 Å². The van der Waals surface area contributed by atoms with Gasteiger partial charge >= 0.3 is 13.6 Å². The molecule has 0 aliphatic carbocycles. The van der Waals surface area contributed by atoms with Crippen molar-refractivity contribution in [3.05, 3.63) is 34.2 Å². The van der Waals surface area contributed by atoms with E-state index in [-0.39, 0.29) is 12.6 Å². The third kappa shape index (κ3) is 2.57. The van der Waals surface area contributed by atoms with E-state index in [2.05, 4.69) is 4.98 Å². The molecule has 0 radical (unpaired) electrons. The van der Waals surface area contributed by atoms with E-state index in [4.69, 9.17) is 8.94 Å². The lowest BCUT2D eigenvalue weighted by molar-refractivity contribution is -0.396. The Morgan fingerprint density at radius 2 is 2.04 bits per heavy atom. The molecule has 2 aromatic heterocycles. The summed E-state index contributed by atoms with van der Waals surface area (Å²) in [5.41, 5.74) is 0.790. The fourth-order valence-corrected chi connectivity index (χ4v) is 4.71. The topological polar surface area (TPSA) is 106 Å². The molecule has 2 aromatic rings. The maximum atomic E-state index is 13.0. The van der Waals surface area contributed by atoms with Crippen LogP contribution >= 0.6 is 7.67 Å². The molecule has 2 saturated heterocycles. The second-order valence-electron chi connectivity index (χ2n) is 5.67. The molecule has 10 nitrogen and oxygen atoms in total. The summed E-state index contributed by atoms with van der Waals surface area (Å²) < 4.78 is 29.0. The average molecular weight is 353 g/mol. The third-order valence-corrected chi connectivity index (χ3v) is 6.73. The highest BCUT2D eigenvalue weighted by Crippen LogP contribution is 2.61. The molecule has 0 amide bonds. The van der Waals surface area contributed by atoms with Gasteiger partial charge in [-0.15, -0.1) is 0 Å². The monoisotopic (exact) mass is 353 g/mol. The van der Waals surface area contributed by atoms with Crippen LogP contribution < -0.4 is 0 Å². The highest BCUT2D eigenvalue weighted by molar-refractivity contribution is 7.54. The Labute approximate surface area is 137 Å². The van der Waals surface area contributed by atoms with Gasteiger partial charge in [0.05, 0.1) is 13.3 Å². The van der Waals surface area contributed by atoms with E-state index in [1.165, 1.54) is 17.9 Å². The van der Waals surface area contributed by atoms with Crippen LogP contribution in [0.4, 0.5) is 5.95 Å². The van der Waals surface area contributed by atoms with Crippen LogP contribution in [0.3, 0.4) is 0 Å². The van der Waals surface area contributed by atoms with Gasteiger partial charge in [0.25, 0.3) is 0 Å². The number of aromatic nitrogens is 2. The maximum absolute atomic E-state index is 13.0. The Balaban J connectivity index is 1.66. The van der Waals surface area contributed by atoms with Crippen LogP contribution in [0.5, 0.6) is 0 Å². The van der Waals surface area contributed by atoms with E-state index >= 15 is 0 Å². The summed E-state index contributed by atoms with van der Waals surface area (Å²) in [6, 6.07) is 3.35. The summed E-state index contributed by atoms with van der Waals surface area (Å²) in [4.78, 5) is 14.7. The summed E-state index contributed by atoms with van der Waals surface area (Å²) in [5.74, 6) is 0.0962. The largest absolute Gasteiger partial charge is 0.461 e. The quantitative estimate of drug-likeness (QED) is 0.321. The standard InChI is InChI=1S/C13H16N5O5P/c1-15-10(9-23-24(21,16-4-5-16)17-6-7-17)12(11-3-2-8-22-11)14-13(15)18(19)20/h2-3,8H,4-7,9H2,1H3. The molecule has 0 saturated carbocycles. The average Bonchev–Trinajstić information content (AvgIpc) is 3.47. The second kappa shape index (κ2) is 5.52. The fraction of sp³-hybridized carbons (Fsp3) is 0.462. The lowest BCUT2D eigenvalue weighted by Crippen LogP contribution is -2.10. The zero-order valence-electron chi connectivity index (χ0n) is 13.0. The molecular weight excluding hydrogens is 337 g/mol. The Morgan fingerprint density at radius 1 is 1.38 bits per heavy atom. The van der Waals surface area contributed by atoms with E-state index < -0.39 is 12.6 Å². The minimum absolute atomic E-state index is 0.0440. The smallest absolute Gasteiger partial charge is 0.435 e. The lowest BCUT2D eigenvalue weighted by atomic mass is 10.2. The highest BCUT2D eigenvalue weighted by Gasteiger charge is 2.49. The van der Waals surface area contributed by atoms with Gasteiger partial charge in [-0.3, -0.25) is 9.09 Å². The van der Waals surface area contributed by atoms with E-state index in [1.54, 1.807) is 21.5 Å². The molecule has 4 heterocycles. The minimum Gasteiger partial charge on any atom is -0.461 e. The van der Waals surface area contributed by atoms with Crippen molar-refractivity contribution in [2.45, 2.75) is 6.61 Å². The van der Waals surface area contributed by atoms with E-state index in [0.29, 0.717) is 17.1 Å². The molecular formula is C13H16N5O5P. The molecule has 24 heavy (non-hydrogen) atoms. The molecule has 2 aliphatic heterocycles. The van der Waals surface area contributed by atoms with Crippen molar-refractivity contribution in [2.24, 2.45) is 7.05 Å². The first-order chi connectivity index (χ1) is 11.5. The normalized spacial score (nSPS) is 18.0. The first kappa shape index (κ1) is 15.5. The molecule has 2 fully saturated rings. The van der Waals surface area contributed by atoms with Gasteiger partial charge in [-0.1, -0.05) is 4.98 Å². The van der Waals surface area contributed by atoms with Crippen molar-refractivity contribution in [3.63, 3.8) is 0 Å². The van der Waals surface area contributed by atoms with Gasteiger partial charge in [0.2, 0.25) is 5.69 Å². The van der Waals surface area contributed by atoms with E-state index in [0.717, 1.165) is 26.2 Å². The van der Waals surface area contributed by atoms with Crippen LogP contribution in [0.15, 0.2) is 22.8 Å². The van der Waals surface area contributed by atoms with Gasteiger partial charge in [-0.2, -0.15) is 0 Å². The van der Waals surface area contributed by atoms with Crippen molar-refractivity contribution in [2.75, 3.05) is 26.2 Å². The number of nitro groups is 1. The highest BCUT2D eigenvalue weighted by atomic mass is 31.2. The zero-order chi connectivity index (χ0) is 16.9. The summed E-state index contributed by atoms with van der Waals surface area (Å²) in [7, 11) is -1.47. The molecule has 0 N–H and O–H groups in total. The number of imidazole rings is 1. The lowest BCUT2D eigenvalue weighted by Gasteiger charge is -2.19. The van der Waals surface area contributed by atoms with Crippen LogP contribution in [0.1, 0.15) is 5.69 Å². The third-order valence-electron chi connectivity index (χ3n) is 4.04. The summed E-state index contributed by atoms with van der Waals surface area (Å²) in [6.07, 6.45) is 1.47. The predicted octanol–water partition coefficient (Wildman–Crippen LogP) is 1.84. The van der Waals surface area contributed by atoms with Crippen molar-refractivity contribution in [1.29, 1.82) is 0 Å². The fourth-order valence-electron chi connectivity index (χ4n) is 2.54. The maximum Gasteiger partial charge on any atom is 0.435 e. The Morgan fingerprint density at radius 3 is 2.54 bits per heavy atom. The van der Waals surface area contributed by atoms with E-state index in [1.807, 2.05) is 0 Å². The zero-order valence-corrected chi connectivity index (χ0v) is 13.9. The SMILES string of the molecule is Cn1c([N+](=O)[O-])nc(-c2ccco2)c1COP(=O)(N1CC1)N1CC1. The summed E-state index contributed by atoms with van der Waals surface area (Å²) in [5, 5.41) is 11.2. The number of nitrogens with zero attached hydrogens (tertiary/aromatic N) is 5. The molecule has 0 bridgehead atoms. The first-order valence-electron chi connectivity index (χ1n) is 7.50. The van der Waals surface area contributed by atoms with Gasteiger partial charge in [-0.25, -0.2) is 13.9 Å². The number of furan rings is 1.